The van der Waals surface area contributed by atoms with Crippen LogP contribution in [0.25, 0.3) is 0 Å². The number of hydrogen-bond acceptors (Lipinski definition) is 5. The predicted octanol–water partition coefficient (Wildman–Crippen LogP) is 10.0. The van der Waals surface area contributed by atoms with Gasteiger partial charge in [0.05, 0.1) is 10.8 Å². The minimum Gasteiger partial charge on any atom is -0.444 e. The van der Waals surface area contributed by atoms with E-state index in [-0.39, 0.29) is 34.6 Å². The molecule has 5 rings (SSSR count). The third-order valence-corrected chi connectivity index (χ3v) is 11.7. The van der Waals surface area contributed by atoms with Crippen LogP contribution in [0.2, 0.25) is 0 Å². The second-order valence-corrected chi connectivity index (χ2v) is 17.6. The number of carbonyl (C=O) groups is 2. The van der Waals surface area contributed by atoms with Crippen molar-refractivity contribution in [2.45, 2.75) is 101 Å². The molecule has 276 valence electrons. The lowest BCUT2D eigenvalue weighted by Crippen LogP contribution is -2.51. The van der Waals surface area contributed by atoms with E-state index in [2.05, 4.69) is 148 Å². The fourth-order valence-electron chi connectivity index (χ4n) is 6.99. The summed E-state index contributed by atoms with van der Waals surface area (Å²) in [4.78, 5) is 29.6. The first-order valence-corrected chi connectivity index (χ1v) is 19.6. The van der Waals surface area contributed by atoms with Crippen LogP contribution in [0.5, 0.6) is 0 Å². The van der Waals surface area contributed by atoms with E-state index < -0.39 is 16.4 Å². The summed E-state index contributed by atoms with van der Waals surface area (Å²) < 4.78 is 5.47. The number of amides is 2. The molecule has 0 saturated carbocycles. The third kappa shape index (κ3) is 9.47. The molecular weight excluding hydrogens is 663 g/mol. The van der Waals surface area contributed by atoms with Gasteiger partial charge in [0.15, 0.2) is 0 Å². The van der Waals surface area contributed by atoms with E-state index in [4.69, 9.17) is 4.74 Å². The number of benzene rings is 4. The molecule has 0 radical (unpaired) electrons. The van der Waals surface area contributed by atoms with Crippen LogP contribution in [0.1, 0.15) is 90.5 Å². The highest BCUT2D eigenvalue weighted by molar-refractivity contribution is 8.01. The average Bonchev–Trinajstić information content (AvgIpc) is 3.53. The molecule has 1 heterocycles. The van der Waals surface area contributed by atoms with Gasteiger partial charge in [0.1, 0.15) is 5.60 Å². The van der Waals surface area contributed by atoms with Crippen molar-refractivity contribution in [3.8, 4) is 0 Å². The SMILES string of the molecule is CC[C@H](C)[C@H](NC[C@H]1C[C@@H](SC(c2ccccc2)(c2ccccc2)c2ccccc2)CN1C(=O)OC(C)(C)C)C(=O)Nc1ccc(C(C)(C)C)cc1. The van der Waals surface area contributed by atoms with E-state index in [1.165, 1.54) is 22.3 Å². The summed E-state index contributed by atoms with van der Waals surface area (Å²) in [6.45, 7) is 17.5. The predicted molar refractivity (Wildman–Crippen MR) is 217 cm³/mol. The molecule has 6 nitrogen and oxygen atoms in total. The summed E-state index contributed by atoms with van der Waals surface area (Å²) in [5.41, 5.74) is 4.95. The Bertz CT molecular complexity index is 1640. The Kier molecular flexibility index (Phi) is 12.6. The first kappa shape index (κ1) is 39.1. The summed E-state index contributed by atoms with van der Waals surface area (Å²) in [7, 11) is 0. The zero-order valence-electron chi connectivity index (χ0n) is 32.2. The van der Waals surface area contributed by atoms with Crippen molar-refractivity contribution < 1.29 is 14.3 Å². The van der Waals surface area contributed by atoms with Gasteiger partial charge >= 0.3 is 6.09 Å². The van der Waals surface area contributed by atoms with Crippen LogP contribution >= 0.6 is 11.8 Å². The molecule has 4 aromatic carbocycles. The molecule has 0 spiro atoms. The number of hydrogen-bond donors (Lipinski definition) is 2. The van der Waals surface area contributed by atoms with E-state index in [0.29, 0.717) is 13.1 Å². The van der Waals surface area contributed by atoms with Gasteiger partial charge in [-0.3, -0.25) is 4.79 Å². The van der Waals surface area contributed by atoms with Crippen molar-refractivity contribution in [2.75, 3.05) is 18.4 Å². The standard InChI is InChI=1S/C45H57N3O3S/c1-9-32(2)40(41(49)47-37-27-25-33(26-28-37)43(3,4)5)46-30-38-29-39(31-48(38)42(50)51-44(6,7)8)52-45(34-19-13-10-14-20-34,35-21-15-11-16-22-35)36-23-17-12-18-24-36/h10-28,32,38-40,46H,9,29-31H2,1-8H3,(H,47,49)/t32-,38+,39+,40-/m0/s1. The molecule has 52 heavy (non-hydrogen) atoms. The van der Waals surface area contributed by atoms with Gasteiger partial charge in [-0.15, -0.1) is 11.8 Å². The number of thioether (sulfide) groups is 1. The van der Waals surface area contributed by atoms with Crippen LogP contribution in [0.4, 0.5) is 10.5 Å². The molecule has 1 aliphatic rings. The van der Waals surface area contributed by atoms with Crippen LogP contribution in [0, 0.1) is 5.92 Å². The molecule has 0 aliphatic carbocycles. The lowest BCUT2D eigenvalue weighted by Gasteiger charge is -2.37. The summed E-state index contributed by atoms with van der Waals surface area (Å²) in [6, 6.07) is 39.5. The van der Waals surface area contributed by atoms with Crippen LogP contribution in [-0.2, 0) is 19.7 Å². The first-order chi connectivity index (χ1) is 24.7. The van der Waals surface area contributed by atoms with Crippen molar-refractivity contribution in [2.24, 2.45) is 5.92 Å². The van der Waals surface area contributed by atoms with E-state index >= 15 is 0 Å². The Morgan fingerprint density at radius 3 is 1.71 bits per heavy atom. The van der Waals surface area contributed by atoms with Gasteiger partial charge in [0, 0.05) is 30.1 Å². The molecular formula is C45H57N3O3S. The van der Waals surface area contributed by atoms with Gasteiger partial charge in [0.25, 0.3) is 0 Å². The average molecular weight is 720 g/mol. The molecule has 0 aromatic heterocycles. The molecule has 4 aromatic rings. The summed E-state index contributed by atoms with van der Waals surface area (Å²) >= 11 is 1.90. The topological polar surface area (TPSA) is 70.7 Å². The van der Waals surface area contributed by atoms with Gasteiger partial charge in [0.2, 0.25) is 5.91 Å². The largest absolute Gasteiger partial charge is 0.444 e. The summed E-state index contributed by atoms with van der Waals surface area (Å²) in [5.74, 6) is 0.0131. The molecule has 2 amide bonds. The van der Waals surface area contributed by atoms with Crippen LogP contribution < -0.4 is 10.6 Å². The smallest absolute Gasteiger partial charge is 0.410 e. The van der Waals surface area contributed by atoms with Gasteiger partial charge in [-0.2, -0.15) is 0 Å². The maximum absolute atomic E-state index is 13.9. The fraction of sp³-hybridized carbons (Fsp3) is 0.422. The highest BCUT2D eigenvalue weighted by atomic mass is 32.2. The summed E-state index contributed by atoms with van der Waals surface area (Å²) in [6.07, 6.45) is 1.25. The van der Waals surface area contributed by atoms with Gasteiger partial charge in [-0.05, 0) is 72.9 Å². The number of anilines is 1. The second-order valence-electron chi connectivity index (χ2n) is 16.1. The van der Waals surface area contributed by atoms with Crippen molar-refractivity contribution in [3.63, 3.8) is 0 Å². The lowest BCUT2D eigenvalue weighted by molar-refractivity contribution is -0.119. The highest BCUT2D eigenvalue weighted by Gasteiger charge is 2.45. The van der Waals surface area contributed by atoms with Crippen molar-refractivity contribution in [1.82, 2.24) is 10.2 Å². The molecule has 1 saturated heterocycles. The molecule has 4 atom stereocenters. The van der Waals surface area contributed by atoms with Gasteiger partial charge in [-0.25, -0.2) is 4.79 Å². The minimum atomic E-state index is -0.635. The van der Waals surface area contributed by atoms with Crippen LogP contribution in [0.3, 0.4) is 0 Å². The molecule has 7 heteroatoms. The van der Waals surface area contributed by atoms with E-state index in [9.17, 15) is 9.59 Å². The third-order valence-electron chi connectivity index (χ3n) is 9.98. The number of rotatable bonds is 12. The number of nitrogens with zero attached hydrogens (tertiary/aromatic N) is 1. The van der Waals surface area contributed by atoms with E-state index in [1.807, 2.05) is 49.6 Å². The normalized spacial score (nSPS) is 17.7. The quantitative estimate of drug-likeness (QED) is 0.143. The molecule has 2 N–H and O–H groups in total. The Morgan fingerprint density at radius 1 is 0.769 bits per heavy atom. The number of carbonyl (C=O) groups excluding carboxylic acids is 2. The van der Waals surface area contributed by atoms with Crippen molar-refractivity contribution in [1.29, 1.82) is 0 Å². The fourth-order valence-corrected chi connectivity index (χ4v) is 8.86. The summed E-state index contributed by atoms with van der Waals surface area (Å²) in [5, 5.41) is 6.86. The number of likely N-dealkylation sites (tertiary alicyclic amines) is 1. The Hall–Kier alpha value is -4.07. The van der Waals surface area contributed by atoms with Crippen molar-refractivity contribution in [3.05, 3.63) is 138 Å². The lowest BCUT2D eigenvalue weighted by atomic mass is 9.84. The Morgan fingerprint density at radius 2 is 1.27 bits per heavy atom. The zero-order valence-corrected chi connectivity index (χ0v) is 33.0. The van der Waals surface area contributed by atoms with Crippen molar-refractivity contribution >= 4 is 29.4 Å². The van der Waals surface area contributed by atoms with Gasteiger partial charge < -0.3 is 20.3 Å². The Balaban J connectivity index is 1.44. The maximum Gasteiger partial charge on any atom is 0.410 e. The maximum atomic E-state index is 13.9. The highest BCUT2D eigenvalue weighted by Crippen LogP contribution is 2.52. The monoisotopic (exact) mass is 719 g/mol. The molecule has 1 aliphatic heterocycles. The zero-order chi connectivity index (χ0) is 37.5. The molecule has 0 bridgehead atoms. The molecule has 1 fully saturated rings. The first-order valence-electron chi connectivity index (χ1n) is 18.7. The van der Waals surface area contributed by atoms with E-state index in [0.717, 1.165) is 18.5 Å². The van der Waals surface area contributed by atoms with Crippen LogP contribution in [-0.4, -0.2) is 52.9 Å². The number of nitrogens with one attached hydrogen (secondary N) is 2. The van der Waals surface area contributed by atoms with Crippen LogP contribution in [0.15, 0.2) is 115 Å². The number of ether oxygens (including phenoxy) is 1. The Labute approximate surface area is 316 Å². The minimum absolute atomic E-state index is 0.0315. The molecule has 0 unspecified atom stereocenters. The van der Waals surface area contributed by atoms with Gasteiger partial charge in [-0.1, -0.05) is 144 Å². The second kappa shape index (κ2) is 16.7. The van der Waals surface area contributed by atoms with E-state index in [1.54, 1.807) is 0 Å².